The number of nitrogens with two attached hydrogens (primary N) is 1. The third-order valence-electron chi connectivity index (χ3n) is 2.28. The number of anilines is 1. The maximum absolute atomic E-state index is 11.3. The molecule has 0 aromatic heterocycles. The molecule has 1 atom stereocenters. The van der Waals surface area contributed by atoms with Gasteiger partial charge in [0, 0.05) is 5.69 Å². The van der Waals surface area contributed by atoms with Gasteiger partial charge in [0.2, 0.25) is 5.91 Å². The molecule has 0 aliphatic rings. The minimum Gasteiger partial charge on any atom is -0.325 e. The van der Waals surface area contributed by atoms with E-state index in [1.807, 2.05) is 24.3 Å². The summed E-state index contributed by atoms with van der Waals surface area (Å²) in [6.07, 6.45) is 1.06. The van der Waals surface area contributed by atoms with Gasteiger partial charge in [0.15, 0.2) is 0 Å². The molecule has 0 aliphatic carbocycles. The molecule has 1 unspecified atom stereocenters. The first-order chi connectivity index (χ1) is 7.49. The molecular weight excluding hydrogens is 200 g/mol. The third-order valence-corrected chi connectivity index (χ3v) is 2.28. The van der Waals surface area contributed by atoms with Crippen LogP contribution in [0.3, 0.4) is 0 Å². The fraction of sp³-hybridized carbons (Fsp3) is 0.462. The summed E-state index contributed by atoms with van der Waals surface area (Å²) in [6, 6.07) is 7.43. The van der Waals surface area contributed by atoms with Crippen molar-refractivity contribution >= 4 is 11.6 Å². The van der Waals surface area contributed by atoms with Crippen LogP contribution in [0.2, 0.25) is 0 Å². The summed E-state index contributed by atoms with van der Waals surface area (Å²) in [5.41, 5.74) is 7.55. The first kappa shape index (κ1) is 12.7. The highest BCUT2D eigenvalue weighted by molar-refractivity contribution is 5.94. The zero-order valence-electron chi connectivity index (χ0n) is 10.2. The van der Waals surface area contributed by atoms with Crippen LogP contribution >= 0.6 is 0 Å². The summed E-state index contributed by atoms with van der Waals surface area (Å²) in [7, 11) is 0. The quantitative estimate of drug-likeness (QED) is 0.817. The van der Waals surface area contributed by atoms with Gasteiger partial charge in [-0.05, 0) is 37.0 Å². The number of hydrogen-bond donors (Lipinski definition) is 2. The van der Waals surface area contributed by atoms with Gasteiger partial charge in [-0.25, -0.2) is 0 Å². The topological polar surface area (TPSA) is 55.1 Å². The second kappa shape index (κ2) is 5.66. The lowest BCUT2D eigenvalue weighted by Gasteiger charge is -2.09. The molecular formula is C13H20N2O. The number of carbonyl (C=O) groups excluding carboxylic acids is 1. The summed E-state index contributed by atoms with van der Waals surface area (Å²) in [5, 5.41) is 2.76. The molecule has 3 nitrogen and oxygen atoms in total. The Labute approximate surface area is 97.0 Å². The number of amides is 1. The number of nitrogens with one attached hydrogen (secondary N) is 1. The van der Waals surface area contributed by atoms with Gasteiger partial charge >= 0.3 is 0 Å². The molecule has 0 saturated heterocycles. The van der Waals surface area contributed by atoms with Crippen molar-refractivity contribution in [2.24, 2.45) is 11.7 Å². The predicted octanol–water partition coefficient (Wildman–Crippen LogP) is 2.17. The summed E-state index contributed by atoms with van der Waals surface area (Å²) >= 11 is 0. The Morgan fingerprint density at radius 2 is 1.81 bits per heavy atom. The lowest BCUT2D eigenvalue weighted by molar-refractivity contribution is -0.117. The standard InChI is InChI=1S/C13H20N2O/c1-9(2)8-11-4-6-12(7-5-11)15-13(16)10(3)14/h4-7,9-10H,8,14H2,1-3H3,(H,15,16). The Morgan fingerprint density at radius 3 is 2.25 bits per heavy atom. The normalized spacial score (nSPS) is 12.6. The maximum Gasteiger partial charge on any atom is 0.240 e. The third kappa shape index (κ3) is 4.03. The highest BCUT2D eigenvalue weighted by Gasteiger charge is 2.07. The largest absolute Gasteiger partial charge is 0.325 e. The average molecular weight is 220 g/mol. The first-order valence-corrected chi connectivity index (χ1v) is 5.64. The smallest absolute Gasteiger partial charge is 0.240 e. The molecule has 0 spiro atoms. The van der Waals surface area contributed by atoms with Gasteiger partial charge < -0.3 is 11.1 Å². The van der Waals surface area contributed by atoms with Gasteiger partial charge in [-0.3, -0.25) is 4.79 Å². The lowest BCUT2D eigenvalue weighted by atomic mass is 10.0. The molecule has 16 heavy (non-hydrogen) atoms. The van der Waals surface area contributed by atoms with E-state index in [-0.39, 0.29) is 5.91 Å². The van der Waals surface area contributed by atoms with E-state index in [4.69, 9.17) is 5.73 Å². The molecule has 1 rings (SSSR count). The summed E-state index contributed by atoms with van der Waals surface area (Å²) in [4.78, 5) is 11.3. The van der Waals surface area contributed by atoms with Crippen molar-refractivity contribution in [1.82, 2.24) is 0 Å². The van der Waals surface area contributed by atoms with E-state index in [2.05, 4.69) is 19.2 Å². The molecule has 3 N–H and O–H groups in total. The van der Waals surface area contributed by atoms with Crippen LogP contribution in [0.1, 0.15) is 26.3 Å². The number of hydrogen-bond acceptors (Lipinski definition) is 2. The van der Waals surface area contributed by atoms with E-state index in [0.29, 0.717) is 5.92 Å². The molecule has 0 heterocycles. The van der Waals surface area contributed by atoms with E-state index in [0.717, 1.165) is 12.1 Å². The molecule has 0 radical (unpaired) electrons. The highest BCUT2D eigenvalue weighted by Crippen LogP contribution is 2.13. The summed E-state index contributed by atoms with van der Waals surface area (Å²) in [6.45, 7) is 6.04. The van der Waals surface area contributed by atoms with Crippen LogP contribution in [0.15, 0.2) is 24.3 Å². The second-order valence-electron chi connectivity index (χ2n) is 4.57. The average Bonchev–Trinajstić information content (AvgIpc) is 2.20. The molecule has 88 valence electrons. The van der Waals surface area contributed by atoms with Crippen LogP contribution in [-0.4, -0.2) is 11.9 Å². The summed E-state index contributed by atoms with van der Waals surface area (Å²) in [5.74, 6) is 0.487. The SMILES string of the molecule is CC(C)Cc1ccc(NC(=O)C(C)N)cc1. The van der Waals surface area contributed by atoms with E-state index < -0.39 is 6.04 Å². The van der Waals surface area contributed by atoms with Crippen molar-refractivity contribution in [2.45, 2.75) is 33.2 Å². The van der Waals surface area contributed by atoms with Crippen LogP contribution in [0.5, 0.6) is 0 Å². The van der Waals surface area contributed by atoms with Gasteiger partial charge in [0.05, 0.1) is 6.04 Å². The van der Waals surface area contributed by atoms with E-state index in [1.165, 1.54) is 5.56 Å². The lowest BCUT2D eigenvalue weighted by Crippen LogP contribution is -2.32. The van der Waals surface area contributed by atoms with Crippen molar-refractivity contribution in [3.8, 4) is 0 Å². The number of benzene rings is 1. The minimum atomic E-state index is -0.477. The summed E-state index contributed by atoms with van der Waals surface area (Å²) < 4.78 is 0. The van der Waals surface area contributed by atoms with Crippen molar-refractivity contribution in [2.75, 3.05) is 5.32 Å². The zero-order valence-corrected chi connectivity index (χ0v) is 10.2. The van der Waals surface area contributed by atoms with Gasteiger partial charge in [0.1, 0.15) is 0 Å². The second-order valence-corrected chi connectivity index (χ2v) is 4.57. The van der Waals surface area contributed by atoms with Crippen LogP contribution in [0.25, 0.3) is 0 Å². The van der Waals surface area contributed by atoms with Crippen LogP contribution < -0.4 is 11.1 Å². The fourth-order valence-electron chi connectivity index (χ4n) is 1.45. The zero-order chi connectivity index (χ0) is 12.1. The Kier molecular flexibility index (Phi) is 4.50. The Morgan fingerprint density at radius 1 is 1.25 bits per heavy atom. The maximum atomic E-state index is 11.3. The van der Waals surface area contributed by atoms with Crippen molar-refractivity contribution in [3.63, 3.8) is 0 Å². The van der Waals surface area contributed by atoms with Crippen LogP contribution in [0.4, 0.5) is 5.69 Å². The molecule has 0 aliphatic heterocycles. The van der Waals surface area contributed by atoms with Gasteiger partial charge in [-0.2, -0.15) is 0 Å². The Balaban J connectivity index is 2.61. The molecule has 1 aromatic carbocycles. The van der Waals surface area contributed by atoms with E-state index >= 15 is 0 Å². The van der Waals surface area contributed by atoms with Gasteiger partial charge in [-0.15, -0.1) is 0 Å². The minimum absolute atomic E-state index is 0.156. The van der Waals surface area contributed by atoms with Crippen LogP contribution in [0, 0.1) is 5.92 Å². The Hall–Kier alpha value is -1.35. The molecule has 1 amide bonds. The van der Waals surface area contributed by atoms with Gasteiger partial charge in [-0.1, -0.05) is 26.0 Å². The predicted molar refractivity (Wildman–Crippen MR) is 67.3 cm³/mol. The van der Waals surface area contributed by atoms with Crippen molar-refractivity contribution in [1.29, 1.82) is 0 Å². The number of carbonyl (C=O) groups is 1. The molecule has 0 bridgehead atoms. The fourth-order valence-corrected chi connectivity index (χ4v) is 1.45. The molecule has 1 aromatic rings. The first-order valence-electron chi connectivity index (χ1n) is 5.64. The molecule has 0 fully saturated rings. The van der Waals surface area contributed by atoms with E-state index in [9.17, 15) is 4.79 Å². The molecule has 3 heteroatoms. The highest BCUT2D eigenvalue weighted by atomic mass is 16.2. The van der Waals surface area contributed by atoms with E-state index in [1.54, 1.807) is 6.92 Å². The van der Waals surface area contributed by atoms with Crippen molar-refractivity contribution < 1.29 is 4.79 Å². The van der Waals surface area contributed by atoms with Crippen molar-refractivity contribution in [3.05, 3.63) is 29.8 Å². The van der Waals surface area contributed by atoms with Crippen LogP contribution in [-0.2, 0) is 11.2 Å². The van der Waals surface area contributed by atoms with Gasteiger partial charge in [0.25, 0.3) is 0 Å². The Bertz CT molecular complexity index is 341. The monoisotopic (exact) mass is 220 g/mol. The number of rotatable bonds is 4. The molecule has 0 saturated carbocycles.